The van der Waals surface area contributed by atoms with Gasteiger partial charge in [0.2, 0.25) is 0 Å². The monoisotopic (exact) mass is 428 g/mol. The highest BCUT2D eigenvalue weighted by molar-refractivity contribution is 5.96. The Labute approximate surface area is 189 Å². The van der Waals surface area contributed by atoms with Crippen LogP contribution >= 0.6 is 0 Å². The molecule has 0 aromatic heterocycles. The predicted octanol–water partition coefficient (Wildman–Crippen LogP) is 5.95. The number of carbonyl (C=O) groups excluding carboxylic acids is 1. The molecule has 0 unspecified atom stereocenters. The average Bonchev–Trinajstić information content (AvgIpc) is 3.28. The summed E-state index contributed by atoms with van der Waals surface area (Å²) in [6.07, 6.45) is 9.99. The van der Waals surface area contributed by atoms with Gasteiger partial charge < -0.3 is 9.84 Å². The Hall–Kier alpha value is -0.670. The Bertz CT molecular complexity index is 798. The van der Waals surface area contributed by atoms with E-state index in [1.165, 1.54) is 25.7 Å². The zero-order valence-corrected chi connectivity index (χ0v) is 20.7. The molecule has 5 aliphatic rings. The van der Waals surface area contributed by atoms with Crippen LogP contribution in [0.4, 0.5) is 0 Å². The molecule has 9 atom stereocenters. The zero-order valence-electron chi connectivity index (χ0n) is 20.7. The van der Waals surface area contributed by atoms with Crippen LogP contribution < -0.4 is 0 Å². The van der Waals surface area contributed by atoms with Crippen molar-refractivity contribution in [3.63, 3.8) is 0 Å². The number of aliphatic hydroxyl groups is 1. The van der Waals surface area contributed by atoms with E-state index in [2.05, 4.69) is 27.7 Å². The number of methoxy groups -OCH3 is 1. The smallest absolute Gasteiger partial charge is 0.158 e. The van der Waals surface area contributed by atoms with Crippen LogP contribution in [0.25, 0.3) is 0 Å². The molecule has 5 rings (SSSR count). The van der Waals surface area contributed by atoms with Crippen LogP contribution in [0.15, 0.2) is 11.1 Å². The molecule has 0 amide bonds. The number of ether oxygens (including phenoxy) is 1. The molecule has 0 saturated heterocycles. The highest BCUT2D eigenvalue weighted by atomic mass is 16.5. The van der Waals surface area contributed by atoms with Crippen molar-refractivity contribution in [1.29, 1.82) is 0 Å². The van der Waals surface area contributed by atoms with Gasteiger partial charge in [-0.2, -0.15) is 0 Å². The normalized spacial score (nSPS) is 51.7. The van der Waals surface area contributed by atoms with Gasteiger partial charge in [-0.15, -0.1) is 0 Å². The van der Waals surface area contributed by atoms with Gasteiger partial charge in [0.15, 0.2) is 5.78 Å². The Kier molecular flexibility index (Phi) is 5.11. The van der Waals surface area contributed by atoms with Crippen molar-refractivity contribution in [2.45, 2.75) is 105 Å². The first-order valence-electron chi connectivity index (χ1n) is 13.1. The van der Waals surface area contributed by atoms with Crippen LogP contribution in [-0.4, -0.2) is 30.2 Å². The van der Waals surface area contributed by atoms with E-state index in [1.807, 2.05) is 14.0 Å². The van der Waals surface area contributed by atoms with Gasteiger partial charge in [0.1, 0.15) is 0 Å². The summed E-state index contributed by atoms with van der Waals surface area (Å²) in [5, 5.41) is 11.3. The van der Waals surface area contributed by atoms with Crippen molar-refractivity contribution in [1.82, 2.24) is 0 Å². The Morgan fingerprint density at radius 3 is 2.55 bits per heavy atom. The van der Waals surface area contributed by atoms with Gasteiger partial charge in [-0.25, -0.2) is 0 Å². The fourth-order valence-corrected chi connectivity index (χ4v) is 9.84. The number of Topliss-reactive ketones (excluding diaryl/α,β-unsaturated/α-hetero) is 1. The average molecular weight is 429 g/mol. The minimum Gasteiger partial charge on any atom is -0.389 e. The van der Waals surface area contributed by atoms with E-state index >= 15 is 0 Å². The van der Waals surface area contributed by atoms with Crippen molar-refractivity contribution < 1.29 is 14.6 Å². The van der Waals surface area contributed by atoms with Crippen LogP contribution in [0.5, 0.6) is 0 Å². The van der Waals surface area contributed by atoms with Crippen molar-refractivity contribution in [2.75, 3.05) is 7.11 Å². The topological polar surface area (TPSA) is 46.5 Å². The molecule has 0 aliphatic heterocycles. The summed E-state index contributed by atoms with van der Waals surface area (Å²) in [7, 11) is 1.93. The number of allylic oxidation sites excluding steroid dienone is 1. The van der Waals surface area contributed by atoms with Gasteiger partial charge in [0.25, 0.3) is 0 Å². The van der Waals surface area contributed by atoms with Gasteiger partial charge in [-0.05, 0) is 110 Å². The maximum Gasteiger partial charge on any atom is 0.158 e. The quantitative estimate of drug-likeness (QED) is 0.551. The fraction of sp³-hybridized carbons (Fsp3) is 0.893. The molecular formula is C28H44O3. The molecule has 0 radical (unpaired) electrons. The number of ketones is 1. The molecule has 5 aliphatic carbocycles. The summed E-state index contributed by atoms with van der Waals surface area (Å²) >= 11 is 0. The Morgan fingerprint density at radius 1 is 1.16 bits per heavy atom. The standard InChI is InChI=1S/C28H44O3/c1-16(2)7-8-22(29)17(3)25-23(30)14-21-19-13-24(31-6)28-15-18(28)9-12-27(28,5)20(19)10-11-26(21,25)4/h16,18-21,23-24,30H,7-15H2,1-6H3/b25-17+/t18-,19-,20+,21+,23-,24-,26+,27-,28+/m1/s1. The van der Waals surface area contributed by atoms with Gasteiger partial charge in [0, 0.05) is 18.9 Å². The summed E-state index contributed by atoms with van der Waals surface area (Å²) in [4.78, 5) is 13.0. The molecule has 1 N–H and O–H groups in total. The van der Waals surface area contributed by atoms with Gasteiger partial charge in [0.05, 0.1) is 12.2 Å². The minimum atomic E-state index is -0.446. The van der Waals surface area contributed by atoms with Crippen LogP contribution in [-0.2, 0) is 9.53 Å². The molecule has 3 heteroatoms. The van der Waals surface area contributed by atoms with E-state index in [1.54, 1.807) is 0 Å². The molecule has 174 valence electrons. The number of hydrogen-bond acceptors (Lipinski definition) is 3. The van der Waals surface area contributed by atoms with Crippen LogP contribution in [0.3, 0.4) is 0 Å². The van der Waals surface area contributed by atoms with E-state index in [-0.39, 0.29) is 11.2 Å². The maximum absolute atomic E-state index is 13.0. The number of aliphatic hydroxyl groups excluding tert-OH is 1. The lowest BCUT2D eigenvalue weighted by atomic mass is 9.46. The van der Waals surface area contributed by atoms with Crippen molar-refractivity contribution in [2.24, 2.45) is 45.8 Å². The molecule has 0 aromatic carbocycles. The third-order valence-electron chi connectivity index (χ3n) is 11.4. The van der Waals surface area contributed by atoms with Gasteiger partial charge >= 0.3 is 0 Å². The molecule has 5 fully saturated rings. The van der Waals surface area contributed by atoms with E-state index in [0.29, 0.717) is 41.1 Å². The number of fused-ring (bicyclic) bond motifs is 4. The number of carbonyl (C=O) groups is 1. The molecule has 0 heterocycles. The van der Waals surface area contributed by atoms with Crippen LogP contribution in [0.1, 0.15) is 92.4 Å². The Morgan fingerprint density at radius 2 is 1.90 bits per heavy atom. The molecule has 31 heavy (non-hydrogen) atoms. The third-order valence-corrected chi connectivity index (χ3v) is 11.4. The summed E-state index contributed by atoms with van der Waals surface area (Å²) < 4.78 is 6.21. The van der Waals surface area contributed by atoms with Crippen molar-refractivity contribution >= 4 is 5.78 Å². The summed E-state index contributed by atoms with van der Waals surface area (Å²) in [5.74, 6) is 3.54. The second-order valence-corrected chi connectivity index (χ2v) is 12.8. The number of rotatable bonds is 5. The van der Waals surface area contributed by atoms with Crippen molar-refractivity contribution in [3.8, 4) is 0 Å². The van der Waals surface area contributed by atoms with Gasteiger partial charge in [-0.1, -0.05) is 27.7 Å². The second-order valence-electron chi connectivity index (χ2n) is 12.8. The fourth-order valence-electron chi connectivity index (χ4n) is 9.84. The highest BCUT2D eigenvalue weighted by Crippen LogP contribution is 2.82. The first-order chi connectivity index (χ1) is 14.6. The van der Waals surface area contributed by atoms with Crippen LogP contribution in [0.2, 0.25) is 0 Å². The van der Waals surface area contributed by atoms with Gasteiger partial charge in [-0.3, -0.25) is 4.79 Å². The summed E-state index contributed by atoms with van der Waals surface area (Å²) in [6.45, 7) is 11.3. The van der Waals surface area contributed by atoms with Crippen molar-refractivity contribution in [3.05, 3.63) is 11.1 Å². The summed E-state index contributed by atoms with van der Waals surface area (Å²) in [6, 6.07) is 0. The number of hydrogen-bond donors (Lipinski definition) is 1. The molecular weight excluding hydrogens is 384 g/mol. The Balaban J connectivity index is 1.47. The predicted molar refractivity (Wildman–Crippen MR) is 124 cm³/mol. The molecule has 1 spiro atoms. The molecule has 0 aromatic rings. The minimum absolute atomic E-state index is 0.0289. The van der Waals surface area contributed by atoms with E-state index < -0.39 is 6.10 Å². The van der Waals surface area contributed by atoms with E-state index in [9.17, 15) is 9.90 Å². The maximum atomic E-state index is 13.0. The first kappa shape index (κ1) is 22.1. The van der Waals surface area contributed by atoms with E-state index in [0.717, 1.165) is 48.7 Å². The highest BCUT2D eigenvalue weighted by Gasteiger charge is 2.77. The largest absolute Gasteiger partial charge is 0.389 e. The third kappa shape index (κ3) is 2.81. The summed E-state index contributed by atoms with van der Waals surface area (Å²) in [5.41, 5.74) is 2.79. The lowest BCUT2D eigenvalue weighted by Crippen LogP contribution is -2.56. The SMILES string of the molecule is CO[C@@H]1C[C@H]2[C@@H]3C[C@@H](O)/C(=C(/C)C(=O)CCC(C)C)[C@@]3(C)CC[C@@H]2[C@@]2(C)CC[C@@H]3C[C@]312. The van der Waals surface area contributed by atoms with E-state index in [4.69, 9.17) is 4.74 Å². The molecule has 5 saturated carbocycles. The molecule has 3 nitrogen and oxygen atoms in total. The lowest BCUT2D eigenvalue weighted by molar-refractivity contribution is -0.152. The second kappa shape index (κ2) is 7.16. The van der Waals surface area contributed by atoms with Crippen LogP contribution in [0, 0.1) is 45.8 Å². The zero-order chi connectivity index (χ0) is 22.3. The first-order valence-corrected chi connectivity index (χ1v) is 13.1. The lowest BCUT2D eigenvalue weighted by Gasteiger charge is -2.60. The molecule has 0 bridgehead atoms.